The predicted molar refractivity (Wildman–Crippen MR) is 91.1 cm³/mol. The second-order valence-corrected chi connectivity index (χ2v) is 6.00. The molecule has 8 heteroatoms. The molecule has 0 radical (unpaired) electrons. The number of hydrogen-bond donors (Lipinski definition) is 1. The molecule has 140 valence electrons. The summed E-state index contributed by atoms with van der Waals surface area (Å²) in [6.45, 7) is 0.0146. The van der Waals surface area contributed by atoms with Gasteiger partial charge in [0.05, 0.1) is 22.4 Å². The Hall–Kier alpha value is -3.16. The van der Waals surface area contributed by atoms with Crippen LogP contribution in [-0.2, 0) is 11.0 Å². The average molecular weight is 376 g/mol. The molecule has 5 nitrogen and oxygen atoms in total. The highest BCUT2D eigenvalue weighted by atomic mass is 19.4. The molecular formula is C19H15F3N2O3. The minimum atomic E-state index is -4.58. The van der Waals surface area contributed by atoms with Gasteiger partial charge in [0.25, 0.3) is 11.8 Å². The van der Waals surface area contributed by atoms with Crippen LogP contribution in [0.3, 0.4) is 0 Å². The highest BCUT2D eigenvalue weighted by Gasteiger charge is 2.35. The van der Waals surface area contributed by atoms with E-state index in [1.807, 2.05) is 0 Å². The lowest BCUT2D eigenvalue weighted by Gasteiger charge is -2.15. The van der Waals surface area contributed by atoms with Crippen molar-refractivity contribution in [2.24, 2.45) is 0 Å². The standard InChI is InChI=1S/C19H15F3N2O3/c20-19(21,22)14-8-3-4-9-15(14)23-16(25)10-5-11-24-17(26)12-6-1-2-7-13(12)18(24)27/h1-4,6-9H,5,10-11H2,(H,23,25). The Labute approximate surface area is 152 Å². The maximum Gasteiger partial charge on any atom is 0.418 e. The first kappa shape index (κ1) is 18.6. The third kappa shape index (κ3) is 3.84. The zero-order chi connectivity index (χ0) is 19.6. The van der Waals surface area contributed by atoms with Crippen molar-refractivity contribution in [2.45, 2.75) is 19.0 Å². The van der Waals surface area contributed by atoms with Gasteiger partial charge in [-0.1, -0.05) is 24.3 Å². The Morgan fingerprint density at radius 3 is 2.07 bits per heavy atom. The fraction of sp³-hybridized carbons (Fsp3) is 0.211. The number of alkyl halides is 3. The van der Waals surface area contributed by atoms with E-state index in [1.54, 1.807) is 24.3 Å². The Balaban J connectivity index is 1.57. The number of nitrogens with one attached hydrogen (secondary N) is 1. The third-order valence-electron chi connectivity index (χ3n) is 4.17. The highest BCUT2D eigenvalue weighted by molar-refractivity contribution is 6.21. The van der Waals surface area contributed by atoms with E-state index in [0.29, 0.717) is 11.1 Å². The summed E-state index contributed by atoms with van der Waals surface area (Å²) < 4.78 is 38.8. The van der Waals surface area contributed by atoms with E-state index in [1.165, 1.54) is 18.2 Å². The number of hydrogen-bond acceptors (Lipinski definition) is 3. The lowest BCUT2D eigenvalue weighted by atomic mass is 10.1. The fourth-order valence-corrected chi connectivity index (χ4v) is 2.89. The number of fused-ring (bicyclic) bond motifs is 1. The lowest BCUT2D eigenvalue weighted by molar-refractivity contribution is -0.137. The van der Waals surface area contributed by atoms with E-state index in [9.17, 15) is 27.6 Å². The van der Waals surface area contributed by atoms with Crippen molar-refractivity contribution in [3.63, 3.8) is 0 Å². The molecule has 0 spiro atoms. The van der Waals surface area contributed by atoms with E-state index < -0.39 is 29.5 Å². The van der Waals surface area contributed by atoms with Gasteiger partial charge in [0, 0.05) is 13.0 Å². The SMILES string of the molecule is O=C(CCCN1C(=O)c2ccccc2C1=O)Nc1ccccc1C(F)(F)F. The number of rotatable bonds is 5. The van der Waals surface area contributed by atoms with E-state index in [4.69, 9.17) is 0 Å². The maximum atomic E-state index is 12.9. The van der Waals surface area contributed by atoms with Crippen LogP contribution in [0.1, 0.15) is 39.1 Å². The minimum Gasteiger partial charge on any atom is -0.326 e. The molecule has 0 saturated heterocycles. The Morgan fingerprint density at radius 2 is 1.48 bits per heavy atom. The van der Waals surface area contributed by atoms with Gasteiger partial charge >= 0.3 is 6.18 Å². The van der Waals surface area contributed by atoms with E-state index in [2.05, 4.69) is 5.32 Å². The second-order valence-electron chi connectivity index (χ2n) is 6.00. The summed E-state index contributed by atoms with van der Waals surface area (Å²) >= 11 is 0. The van der Waals surface area contributed by atoms with Gasteiger partial charge in [-0.2, -0.15) is 13.2 Å². The minimum absolute atomic E-state index is 0.0146. The first-order valence-corrected chi connectivity index (χ1v) is 8.20. The number of carbonyl (C=O) groups is 3. The number of anilines is 1. The van der Waals surface area contributed by atoms with Crippen molar-refractivity contribution in [3.8, 4) is 0 Å². The molecular weight excluding hydrogens is 361 g/mol. The van der Waals surface area contributed by atoms with Crippen molar-refractivity contribution in [2.75, 3.05) is 11.9 Å². The molecule has 0 bridgehead atoms. The summed E-state index contributed by atoms with van der Waals surface area (Å²) in [6.07, 6.45) is -4.56. The first-order valence-electron chi connectivity index (χ1n) is 8.20. The average Bonchev–Trinajstić information content (AvgIpc) is 2.86. The molecule has 0 aromatic heterocycles. The smallest absolute Gasteiger partial charge is 0.326 e. The summed E-state index contributed by atoms with van der Waals surface area (Å²) in [4.78, 5) is 37.4. The number of para-hydroxylation sites is 1. The third-order valence-corrected chi connectivity index (χ3v) is 4.17. The Morgan fingerprint density at radius 1 is 0.926 bits per heavy atom. The molecule has 3 amide bonds. The van der Waals surface area contributed by atoms with Gasteiger partial charge in [-0.05, 0) is 30.7 Å². The topological polar surface area (TPSA) is 66.5 Å². The summed E-state index contributed by atoms with van der Waals surface area (Å²) in [7, 11) is 0. The lowest BCUT2D eigenvalue weighted by Crippen LogP contribution is -2.31. The zero-order valence-corrected chi connectivity index (χ0v) is 14.0. The quantitative estimate of drug-likeness (QED) is 0.809. The van der Waals surface area contributed by atoms with Crippen molar-refractivity contribution in [1.82, 2.24) is 4.90 Å². The second kappa shape index (κ2) is 7.22. The van der Waals surface area contributed by atoms with Crippen molar-refractivity contribution in [1.29, 1.82) is 0 Å². The van der Waals surface area contributed by atoms with Crippen LogP contribution in [0.25, 0.3) is 0 Å². The van der Waals surface area contributed by atoms with Crippen molar-refractivity contribution < 1.29 is 27.6 Å². The summed E-state index contributed by atoms with van der Waals surface area (Å²) in [5.41, 5.74) is -0.633. The first-order chi connectivity index (χ1) is 12.8. The molecule has 1 N–H and O–H groups in total. The van der Waals surface area contributed by atoms with Crippen LogP contribution >= 0.6 is 0 Å². The molecule has 0 unspecified atom stereocenters. The fourth-order valence-electron chi connectivity index (χ4n) is 2.89. The van der Waals surface area contributed by atoms with Gasteiger partial charge in [0.1, 0.15) is 0 Å². The molecule has 0 fully saturated rings. The zero-order valence-electron chi connectivity index (χ0n) is 14.0. The molecule has 1 aliphatic heterocycles. The van der Waals surface area contributed by atoms with Gasteiger partial charge < -0.3 is 5.32 Å². The van der Waals surface area contributed by atoms with Gasteiger partial charge in [0.2, 0.25) is 5.91 Å². The van der Waals surface area contributed by atoms with E-state index in [-0.39, 0.29) is 25.1 Å². The Kier molecular flexibility index (Phi) is 4.98. The van der Waals surface area contributed by atoms with Gasteiger partial charge in [-0.15, -0.1) is 0 Å². The van der Waals surface area contributed by atoms with Crippen LogP contribution in [0.5, 0.6) is 0 Å². The number of benzene rings is 2. The largest absolute Gasteiger partial charge is 0.418 e. The number of imide groups is 1. The molecule has 2 aromatic carbocycles. The van der Waals surface area contributed by atoms with E-state index in [0.717, 1.165) is 11.0 Å². The van der Waals surface area contributed by atoms with Crippen LogP contribution < -0.4 is 5.32 Å². The van der Waals surface area contributed by atoms with Crippen LogP contribution in [0.4, 0.5) is 18.9 Å². The summed E-state index contributed by atoms with van der Waals surface area (Å²) in [5, 5.41) is 2.23. The van der Waals surface area contributed by atoms with Crippen LogP contribution in [0.2, 0.25) is 0 Å². The van der Waals surface area contributed by atoms with Crippen LogP contribution in [0, 0.1) is 0 Å². The van der Waals surface area contributed by atoms with Crippen molar-refractivity contribution >= 4 is 23.4 Å². The van der Waals surface area contributed by atoms with Gasteiger partial charge in [-0.25, -0.2) is 0 Å². The molecule has 2 aromatic rings. The molecule has 0 atom stereocenters. The van der Waals surface area contributed by atoms with Crippen LogP contribution in [-0.4, -0.2) is 29.2 Å². The molecule has 0 saturated carbocycles. The summed E-state index contributed by atoms with van der Waals surface area (Å²) in [5.74, 6) is -1.49. The molecule has 3 rings (SSSR count). The van der Waals surface area contributed by atoms with Crippen molar-refractivity contribution in [3.05, 3.63) is 65.2 Å². The summed E-state index contributed by atoms with van der Waals surface area (Å²) in [6, 6.07) is 11.1. The molecule has 1 aliphatic rings. The normalized spacial score (nSPS) is 13.7. The predicted octanol–water partition coefficient (Wildman–Crippen LogP) is 3.72. The number of carbonyl (C=O) groups excluding carboxylic acids is 3. The number of nitrogens with zero attached hydrogens (tertiary/aromatic N) is 1. The molecule has 27 heavy (non-hydrogen) atoms. The highest BCUT2D eigenvalue weighted by Crippen LogP contribution is 2.34. The number of amides is 3. The van der Waals surface area contributed by atoms with E-state index >= 15 is 0 Å². The molecule has 0 aliphatic carbocycles. The molecule has 1 heterocycles. The number of halogens is 3. The maximum absolute atomic E-state index is 12.9. The monoisotopic (exact) mass is 376 g/mol. The Bertz CT molecular complexity index is 874. The van der Waals surface area contributed by atoms with Gasteiger partial charge in [0.15, 0.2) is 0 Å². The van der Waals surface area contributed by atoms with Gasteiger partial charge in [-0.3, -0.25) is 19.3 Å². The van der Waals surface area contributed by atoms with Crippen LogP contribution in [0.15, 0.2) is 48.5 Å².